The van der Waals surface area contributed by atoms with E-state index >= 15 is 0 Å². The maximum absolute atomic E-state index is 2.33. The summed E-state index contributed by atoms with van der Waals surface area (Å²) in [6, 6.07) is 10.9. The Labute approximate surface area is 104 Å². The molecule has 2 aliphatic rings. The van der Waals surface area contributed by atoms with Crippen LogP contribution in [0.15, 0.2) is 48.6 Å². The number of hydrogen-bond acceptors (Lipinski definition) is 0. The van der Waals surface area contributed by atoms with Gasteiger partial charge in [-0.1, -0.05) is 55.5 Å². The Bertz CT molecular complexity index is 434. The summed E-state index contributed by atoms with van der Waals surface area (Å²) in [5, 5.41) is 0. The molecule has 0 aromatic heterocycles. The van der Waals surface area contributed by atoms with E-state index < -0.39 is 0 Å². The SMILES string of the molecule is CC[C]1C=CC=C(c2ccccc2)C1C1CC1. The van der Waals surface area contributed by atoms with E-state index in [2.05, 4.69) is 55.5 Å². The molecule has 1 radical (unpaired) electrons. The Morgan fingerprint density at radius 3 is 2.53 bits per heavy atom. The molecule has 0 spiro atoms. The highest BCUT2D eigenvalue weighted by molar-refractivity contribution is 5.73. The molecule has 1 fully saturated rings. The molecule has 0 bridgehead atoms. The van der Waals surface area contributed by atoms with Crippen LogP contribution in [0.2, 0.25) is 0 Å². The Morgan fingerprint density at radius 1 is 1.12 bits per heavy atom. The summed E-state index contributed by atoms with van der Waals surface area (Å²) in [5.41, 5.74) is 2.94. The first-order chi connectivity index (χ1) is 8.40. The zero-order valence-electron chi connectivity index (χ0n) is 10.4. The van der Waals surface area contributed by atoms with Crippen LogP contribution in [0.3, 0.4) is 0 Å². The number of benzene rings is 1. The van der Waals surface area contributed by atoms with Crippen molar-refractivity contribution in [1.82, 2.24) is 0 Å². The predicted octanol–water partition coefficient (Wildman–Crippen LogP) is 4.65. The lowest BCUT2D eigenvalue weighted by Crippen LogP contribution is -2.16. The molecule has 0 nitrogen and oxygen atoms in total. The van der Waals surface area contributed by atoms with Gasteiger partial charge in [0.25, 0.3) is 0 Å². The highest BCUT2D eigenvalue weighted by Gasteiger charge is 2.38. The Kier molecular flexibility index (Phi) is 2.88. The smallest absolute Gasteiger partial charge is 0.00506 e. The van der Waals surface area contributed by atoms with Crippen molar-refractivity contribution in [3.05, 3.63) is 60.0 Å². The van der Waals surface area contributed by atoms with E-state index in [1.807, 2.05) is 0 Å². The molecule has 0 amide bonds. The van der Waals surface area contributed by atoms with Crippen LogP contribution < -0.4 is 0 Å². The molecule has 0 aliphatic heterocycles. The van der Waals surface area contributed by atoms with Crippen LogP contribution in [0.25, 0.3) is 5.57 Å². The van der Waals surface area contributed by atoms with Gasteiger partial charge in [0.1, 0.15) is 0 Å². The second-order valence-electron chi connectivity index (χ2n) is 5.09. The molecule has 2 aliphatic carbocycles. The molecule has 1 aromatic rings. The number of allylic oxidation sites excluding steroid dienone is 4. The van der Waals surface area contributed by atoms with E-state index in [1.54, 1.807) is 5.92 Å². The highest BCUT2D eigenvalue weighted by atomic mass is 14.4. The minimum absolute atomic E-state index is 0.687. The molecule has 0 heteroatoms. The number of hydrogen-bond donors (Lipinski definition) is 0. The molecule has 0 heterocycles. The van der Waals surface area contributed by atoms with E-state index in [-0.39, 0.29) is 0 Å². The normalized spacial score (nSPS) is 24.8. The third-order valence-corrected chi connectivity index (χ3v) is 3.93. The highest BCUT2D eigenvalue weighted by Crippen LogP contribution is 2.50. The minimum atomic E-state index is 0.687. The zero-order valence-corrected chi connectivity index (χ0v) is 10.4. The molecule has 0 saturated heterocycles. The Hall–Kier alpha value is -1.30. The van der Waals surface area contributed by atoms with Gasteiger partial charge in [0.2, 0.25) is 0 Å². The van der Waals surface area contributed by atoms with Crippen LogP contribution >= 0.6 is 0 Å². The Morgan fingerprint density at radius 2 is 1.88 bits per heavy atom. The molecule has 0 N–H and O–H groups in total. The third-order valence-electron chi connectivity index (χ3n) is 3.93. The van der Waals surface area contributed by atoms with Gasteiger partial charge >= 0.3 is 0 Å². The van der Waals surface area contributed by atoms with Gasteiger partial charge in [-0.25, -0.2) is 0 Å². The summed E-state index contributed by atoms with van der Waals surface area (Å²) < 4.78 is 0. The summed E-state index contributed by atoms with van der Waals surface area (Å²) in [5.74, 6) is 3.21. The Balaban J connectivity index is 1.96. The maximum Gasteiger partial charge on any atom is 0.00506 e. The molecule has 1 atom stereocenters. The quantitative estimate of drug-likeness (QED) is 0.699. The standard InChI is InChI=1S/C17H19/c1-2-13-9-6-10-16(17(13)15-11-12-15)14-7-4-3-5-8-14/h3-10,15,17H,2,11-12H2,1H3. The second kappa shape index (κ2) is 4.52. The molecule has 1 saturated carbocycles. The molecule has 3 rings (SSSR count). The minimum Gasteiger partial charge on any atom is -0.0768 e. The number of rotatable bonds is 3. The van der Waals surface area contributed by atoms with Gasteiger partial charge in [-0.2, -0.15) is 0 Å². The molecular weight excluding hydrogens is 204 g/mol. The topological polar surface area (TPSA) is 0 Å². The van der Waals surface area contributed by atoms with Crippen molar-refractivity contribution in [2.45, 2.75) is 26.2 Å². The fraction of sp³-hybridized carbons (Fsp3) is 0.353. The average molecular weight is 223 g/mol. The predicted molar refractivity (Wildman–Crippen MR) is 73.3 cm³/mol. The summed E-state index contributed by atoms with van der Waals surface area (Å²) >= 11 is 0. The molecular formula is C17H19. The van der Waals surface area contributed by atoms with Gasteiger partial charge in [0.15, 0.2) is 0 Å². The fourth-order valence-electron chi connectivity index (χ4n) is 2.91. The van der Waals surface area contributed by atoms with E-state index in [9.17, 15) is 0 Å². The summed E-state index contributed by atoms with van der Waals surface area (Å²) in [6.07, 6.45) is 10.9. The first kappa shape index (κ1) is 10.8. The maximum atomic E-state index is 2.33. The van der Waals surface area contributed by atoms with Gasteiger partial charge in [-0.3, -0.25) is 0 Å². The van der Waals surface area contributed by atoms with Crippen molar-refractivity contribution in [1.29, 1.82) is 0 Å². The van der Waals surface area contributed by atoms with Crippen LogP contribution in [0.4, 0.5) is 0 Å². The van der Waals surface area contributed by atoms with Crippen molar-refractivity contribution in [3.63, 3.8) is 0 Å². The first-order valence-electron chi connectivity index (χ1n) is 6.69. The largest absolute Gasteiger partial charge is 0.0768 e. The van der Waals surface area contributed by atoms with Crippen LogP contribution in [0, 0.1) is 17.8 Å². The third kappa shape index (κ3) is 2.09. The lowest BCUT2D eigenvalue weighted by Gasteiger charge is -2.29. The van der Waals surface area contributed by atoms with Gasteiger partial charge < -0.3 is 0 Å². The van der Waals surface area contributed by atoms with Gasteiger partial charge in [-0.15, -0.1) is 0 Å². The van der Waals surface area contributed by atoms with Gasteiger partial charge in [0.05, 0.1) is 0 Å². The van der Waals surface area contributed by atoms with Crippen molar-refractivity contribution in [2.24, 2.45) is 11.8 Å². The zero-order chi connectivity index (χ0) is 11.7. The second-order valence-corrected chi connectivity index (χ2v) is 5.09. The van der Waals surface area contributed by atoms with Crippen molar-refractivity contribution in [3.8, 4) is 0 Å². The van der Waals surface area contributed by atoms with E-state index in [4.69, 9.17) is 0 Å². The monoisotopic (exact) mass is 223 g/mol. The van der Waals surface area contributed by atoms with Crippen molar-refractivity contribution in [2.75, 3.05) is 0 Å². The molecule has 1 unspecified atom stereocenters. The average Bonchev–Trinajstić information content (AvgIpc) is 3.23. The molecule has 87 valence electrons. The summed E-state index contributed by atoms with van der Waals surface area (Å²) in [6.45, 7) is 2.28. The molecule has 17 heavy (non-hydrogen) atoms. The van der Waals surface area contributed by atoms with Crippen LogP contribution in [-0.4, -0.2) is 0 Å². The van der Waals surface area contributed by atoms with E-state index in [0.29, 0.717) is 5.92 Å². The molecule has 1 aromatic carbocycles. The van der Waals surface area contributed by atoms with Crippen LogP contribution in [0.1, 0.15) is 31.7 Å². The lowest BCUT2D eigenvalue weighted by atomic mass is 9.75. The fourth-order valence-corrected chi connectivity index (χ4v) is 2.91. The van der Waals surface area contributed by atoms with Crippen LogP contribution in [-0.2, 0) is 0 Å². The van der Waals surface area contributed by atoms with Crippen molar-refractivity contribution < 1.29 is 0 Å². The lowest BCUT2D eigenvalue weighted by molar-refractivity contribution is 0.594. The van der Waals surface area contributed by atoms with Crippen molar-refractivity contribution >= 4 is 5.57 Å². The first-order valence-corrected chi connectivity index (χ1v) is 6.69. The summed E-state index contributed by atoms with van der Waals surface area (Å²) in [4.78, 5) is 0. The van der Waals surface area contributed by atoms with Gasteiger partial charge in [-0.05, 0) is 42.2 Å². The van der Waals surface area contributed by atoms with E-state index in [0.717, 1.165) is 5.92 Å². The van der Waals surface area contributed by atoms with Crippen LogP contribution in [0.5, 0.6) is 0 Å². The van der Waals surface area contributed by atoms with E-state index in [1.165, 1.54) is 30.4 Å². The summed E-state index contributed by atoms with van der Waals surface area (Å²) in [7, 11) is 0. The van der Waals surface area contributed by atoms with Gasteiger partial charge in [0, 0.05) is 5.92 Å².